The van der Waals surface area contributed by atoms with E-state index in [0.29, 0.717) is 6.42 Å². The summed E-state index contributed by atoms with van der Waals surface area (Å²) in [5.41, 5.74) is 9.42. The third-order valence-corrected chi connectivity index (χ3v) is 4.43. The predicted octanol–water partition coefficient (Wildman–Crippen LogP) is 3.81. The van der Waals surface area contributed by atoms with Gasteiger partial charge in [-0.15, -0.1) is 0 Å². The summed E-state index contributed by atoms with van der Waals surface area (Å²) in [4.78, 5) is 15.9. The molecule has 0 spiro atoms. The lowest BCUT2D eigenvalue weighted by atomic mass is 10.0. The second-order valence-corrected chi connectivity index (χ2v) is 6.07. The van der Waals surface area contributed by atoms with Crippen LogP contribution in [0.25, 0.3) is 11.1 Å². The SMILES string of the molecule is NC(=O)C(Cc1ccccc1)N(Cl)c1ccc(-c2ccncc2)cc1. The molecule has 0 radical (unpaired) electrons. The van der Waals surface area contributed by atoms with E-state index in [4.69, 9.17) is 17.5 Å². The molecule has 0 fully saturated rings. The van der Waals surface area contributed by atoms with Crippen molar-refractivity contribution in [2.75, 3.05) is 4.42 Å². The van der Waals surface area contributed by atoms with E-state index in [1.54, 1.807) is 12.4 Å². The molecule has 1 unspecified atom stereocenters. The minimum atomic E-state index is -0.629. The summed E-state index contributed by atoms with van der Waals surface area (Å²) in [5, 5.41) is 0. The number of anilines is 1. The molecule has 2 N–H and O–H groups in total. The highest BCUT2D eigenvalue weighted by Crippen LogP contribution is 2.26. The molecule has 0 aliphatic carbocycles. The number of pyridine rings is 1. The Bertz CT molecular complexity index is 823. The Kier molecular flexibility index (Phi) is 5.31. The van der Waals surface area contributed by atoms with Gasteiger partial charge in [0.25, 0.3) is 0 Å². The third kappa shape index (κ3) is 4.17. The topological polar surface area (TPSA) is 59.2 Å². The highest BCUT2D eigenvalue weighted by molar-refractivity contribution is 6.27. The average Bonchev–Trinajstić information content (AvgIpc) is 2.67. The quantitative estimate of drug-likeness (QED) is 0.687. The zero-order valence-corrected chi connectivity index (χ0v) is 14.3. The molecular formula is C20H18ClN3O. The first-order valence-corrected chi connectivity index (χ1v) is 8.27. The lowest BCUT2D eigenvalue weighted by molar-refractivity contribution is -0.119. The molecule has 0 saturated heterocycles. The van der Waals surface area contributed by atoms with Crippen LogP contribution in [0.15, 0.2) is 79.1 Å². The Labute approximate surface area is 152 Å². The molecule has 1 atom stereocenters. The summed E-state index contributed by atoms with van der Waals surface area (Å²) in [6.07, 6.45) is 3.95. The van der Waals surface area contributed by atoms with Gasteiger partial charge in [-0.05, 0) is 41.0 Å². The lowest BCUT2D eigenvalue weighted by Crippen LogP contribution is -2.41. The van der Waals surface area contributed by atoms with Gasteiger partial charge in [-0.1, -0.05) is 42.5 Å². The van der Waals surface area contributed by atoms with Crippen molar-refractivity contribution in [2.24, 2.45) is 5.73 Å². The summed E-state index contributed by atoms with van der Waals surface area (Å²) < 4.78 is 1.41. The molecule has 3 aromatic rings. The first-order chi connectivity index (χ1) is 12.1. The summed E-state index contributed by atoms with van der Waals surface area (Å²) >= 11 is 6.44. The van der Waals surface area contributed by atoms with Gasteiger partial charge < -0.3 is 5.73 Å². The molecule has 0 aliphatic rings. The Morgan fingerprint density at radius 3 is 2.16 bits per heavy atom. The standard InChI is InChI=1S/C20H18ClN3O/c21-24(19(20(22)25)14-15-4-2-1-3-5-15)18-8-6-16(7-9-18)17-10-12-23-13-11-17/h1-13,19H,14H2,(H2,22,25). The van der Waals surface area contributed by atoms with Crippen molar-refractivity contribution in [3.8, 4) is 11.1 Å². The van der Waals surface area contributed by atoms with Crippen LogP contribution in [0, 0.1) is 0 Å². The zero-order chi connectivity index (χ0) is 17.6. The van der Waals surface area contributed by atoms with Crippen LogP contribution < -0.4 is 10.2 Å². The summed E-state index contributed by atoms with van der Waals surface area (Å²) in [5.74, 6) is -0.461. The van der Waals surface area contributed by atoms with Crippen molar-refractivity contribution < 1.29 is 4.79 Å². The number of hydrogen-bond donors (Lipinski definition) is 1. The fourth-order valence-electron chi connectivity index (χ4n) is 2.65. The van der Waals surface area contributed by atoms with Gasteiger partial charge in [0, 0.05) is 30.6 Å². The maximum atomic E-state index is 11.9. The highest BCUT2D eigenvalue weighted by Gasteiger charge is 2.23. The van der Waals surface area contributed by atoms with Crippen molar-refractivity contribution in [1.29, 1.82) is 0 Å². The van der Waals surface area contributed by atoms with E-state index in [9.17, 15) is 4.79 Å². The number of benzene rings is 2. The smallest absolute Gasteiger partial charge is 0.241 e. The first kappa shape index (κ1) is 17.0. The van der Waals surface area contributed by atoms with Crippen LogP contribution in [0.2, 0.25) is 0 Å². The molecule has 126 valence electrons. The maximum absolute atomic E-state index is 11.9. The minimum absolute atomic E-state index is 0.450. The lowest BCUT2D eigenvalue weighted by Gasteiger charge is -2.24. The molecule has 3 rings (SSSR count). The Balaban J connectivity index is 1.80. The van der Waals surface area contributed by atoms with Crippen molar-refractivity contribution in [3.05, 3.63) is 84.7 Å². The summed E-state index contributed by atoms with van der Waals surface area (Å²) in [6, 6.07) is 20.6. The molecule has 0 aliphatic heterocycles. The Morgan fingerprint density at radius 1 is 0.960 bits per heavy atom. The number of aromatic nitrogens is 1. The average molecular weight is 352 g/mol. The van der Waals surface area contributed by atoms with E-state index in [1.807, 2.05) is 66.7 Å². The largest absolute Gasteiger partial charge is 0.368 e. The number of carbonyl (C=O) groups is 1. The van der Waals surface area contributed by atoms with Crippen LogP contribution in [0.1, 0.15) is 5.56 Å². The van der Waals surface area contributed by atoms with Crippen LogP contribution in [0.5, 0.6) is 0 Å². The summed E-state index contributed by atoms with van der Waals surface area (Å²) in [6.45, 7) is 0. The van der Waals surface area contributed by atoms with E-state index in [-0.39, 0.29) is 0 Å². The van der Waals surface area contributed by atoms with Gasteiger partial charge in [0.1, 0.15) is 6.04 Å². The number of rotatable bonds is 6. The van der Waals surface area contributed by atoms with E-state index in [0.717, 1.165) is 22.4 Å². The highest BCUT2D eigenvalue weighted by atomic mass is 35.5. The molecule has 1 aromatic heterocycles. The Hall–Kier alpha value is -2.85. The van der Waals surface area contributed by atoms with Crippen LogP contribution in [-0.2, 0) is 11.2 Å². The van der Waals surface area contributed by atoms with Crippen molar-refractivity contribution >= 4 is 23.4 Å². The maximum Gasteiger partial charge on any atom is 0.241 e. The second-order valence-electron chi connectivity index (χ2n) is 5.70. The number of amides is 1. The fraction of sp³-hybridized carbons (Fsp3) is 0.100. The van der Waals surface area contributed by atoms with E-state index >= 15 is 0 Å². The first-order valence-electron chi connectivity index (χ1n) is 7.94. The number of carbonyl (C=O) groups excluding carboxylic acids is 1. The zero-order valence-electron chi connectivity index (χ0n) is 13.5. The predicted molar refractivity (Wildman–Crippen MR) is 101 cm³/mol. The van der Waals surface area contributed by atoms with Crippen LogP contribution in [0.4, 0.5) is 5.69 Å². The minimum Gasteiger partial charge on any atom is -0.368 e. The number of primary amides is 1. The van der Waals surface area contributed by atoms with E-state index in [2.05, 4.69) is 4.98 Å². The number of nitrogens with two attached hydrogens (primary N) is 1. The number of hydrogen-bond acceptors (Lipinski definition) is 3. The van der Waals surface area contributed by atoms with Gasteiger partial charge in [-0.25, -0.2) is 0 Å². The number of nitrogens with zero attached hydrogens (tertiary/aromatic N) is 2. The van der Waals surface area contributed by atoms with Crippen molar-refractivity contribution in [1.82, 2.24) is 4.98 Å². The van der Waals surface area contributed by atoms with Crippen LogP contribution >= 0.6 is 11.8 Å². The number of halogens is 1. The van der Waals surface area contributed by atoms with Crippen molar-refractivity contribution in [2.45, 2.75) is 12.5 Å². The molecule has 1 amide bonds. The Morgan fingerprint density at radius 2 is 1.56 bits per heavy atom. The molecule has 5 heteroatoms. The molecule has 25 heavy (non-hydrogen) atoms. The molecular weight excluding hydrogens is 334 g/mol. The normalized spacial score (nSPS) is 11.7. The van der Waals surface area contributed by atoms with Gasteiger partial charge >= 0.3 is 0 Å². The molecule has 1 heterocycles. The van der Waals surface area contributed by atoms with Gasteiger partial charge in [0.15, 0.2) is 0 Å². The molecule has 4 nitrogen and oxygen atoms in total. The molecule has 0 saturated carbocycles. The summed E-state index contributed by atoms with van der Waals surface area (Å²) in [7, 11) is 0. The second kappa shape index (κ2) is 7.81. The van der Waals surface area contributed by atoms with E-state index < -0.39 is 11.9 Å². The van der Waals surface area contributed by atoms with E-state index in [1.165, 1.54) is 4.42 Å². The van der Waals surface area contributed by atoms with Crippen molar-refractivity contribution in [3.63, 3.8) is 0 Å². The third-order valence-electron chi connectivity index (χ3n) is 4.00. The van der Waals surface area contributed by atoms with Gasteiger partial charge in [0.2, 0.25) is 5.91 Å². The van der Waals surface area contributed by atoms with Gasteiger partial charge in [-0.2, -0.15) is 0 Å². The van der Waals surface area contributed by atoms with Crippen LogP contribution in [-0.4, -0.2) is 16.9 Å². The van der Waals surface area contributed by atoms with Crippen LogP contribution in [0.3, 0.4) is 0 Å². The monoisotopic (exact) mass is 351 g/mol. The molecule has 2 aromatic carbocycles. The van der Waals surface area contributed by atoms with Gasteiger partial charge in [-0.3, -0.25) is 14.2 Å². The fourth-order valence-corrected chi connectivity index (χ4v) is 2.93. The molecule has 0 bridgehead atoms. The van der Waals surface area contributed by atoms with Gasteiger partial charge in [0.05, 0.1) is 5.69 Å².